The highest BCUT2D eigenvalue weighted by atomic mass is 79.9. The molecular weight excluding hydrogens is 334 g/mol. The Morgan fingerprint density at radius 1 is 1.43 bits per heavy atom. The number of hydrogen-bond acceptors (Lipinski definition) is 3. The Bertz CT molecular complexity index is 712. The summed E-state index contributed by atoms with van der Waals surface area (Å²) < 4.78 is 2.61. The fourth-order valence-electron chi connectivity index (χ4n) is 1.83. The number of rotatable bonds is 5. The van der Waals surface area contributed by atoms with Gasteiger partial charge in [0.25, 0.3) is 0 Å². The number of nitrogens with zero attached hydrogens (tertiary/aromatic N) is 3. The summed E-state index contributed by atoms with van der Waals surface area (Å²) >= 11 is 3.37. The summed E-state index contributed by atoms with van der Waals surface area (Å²) in [6.07, 6.45) is 4.68. The molecule has 1 aromatic heterocycles. The molecule has 1 N–H and O–H groups in total. The van der Waals surface area contributed by atoms with Crippen molar-refractivity contribution in [3.8, 4) is 17.3 Å². The van der Waals surface area contributed by atoms with Crippen molar-refractivity contribution >= 4 is 28.0 Å². The lowest BCUT2D eigenvalue weighted by Crippen LogP contribution is -1.97. The van der Waals surface area contributed by atoms with Crippen LogP contribution in [-0.4, -0.2) is 20.9 Å². The fourth-order valence-corrected chi connectivity index (χ4v) is 2.10. The number of carboxylic acid groups (broad SMARTS) is 1. The standard InChI is InChI=1S/C15H12BrN3O2/c16-13-5-2-11(3-6-13)15-12(4-7-14(20)21)10-19(18-15)9-1-8-17/h2-7,10H,1,9H2,(H,20,21). The van der Waals surface area contributed by atoms with Gasteiger partial charge in [0.2, 0.25) is 0 Å². The highest BCUT2D eigenvalue weighted by Crippen LogP contribution is 2.25. The van der Waals surface area contributed by atoms with Crippen LogP contribution in [0.25, 0.3) is 17.3 Å². The van der Waals surface area contributed by atoms with Gasteiger partial charge >= 0.3 is 5.97 Å². The molecule has 0 bridgehead atoms. The number of halogens is 1. The van der Waals surface area contributed by atoms with Gasteiger partial charge in [0.05, 0.1) is 24.7 Å². The van der Waals surface area contributed by atoms with Crippen LogP contribution in [0, 0.1) is 11.3 Å². The number of benzene rings is 1. The summed E-state index contributed by atoms with van der Waals surface area (Å²) in [7, 11) is 0. The minimum absolute atomic E-state index is 0.351. The van der Waals surface area contributed by atoms with E-state index in [4.69, 9.17) is 10.4 Å². The molecule has 0 fully saturated rings. The molecule has 0 aliphatic carbocycles. The van der Waals surface area contributed by atoms with E-state index in [0.717, 1.165) is 16.1 Å². The van der Waals surface area contributed by atoms with Gasteiger partial charge in [0, 0.05) is 27.9 Å². The van der Waals surface area contributed by atoms with E-state index >= 15 is 0 Å². The van der Waals surface area contributed by atoms with Gasteiger partial charge in [-0.2, -0.15) is 10.4 Å². The van der Waals surface area contributed by atoms with E-state index in [1.165, 1.54) is 6.08 Å². The number of aromatic nitrogens is 2. The molecule has 0 unspecified atom stereocenters. The summed E-state index contributed by atoms with van der Waals surface area (Å²) in [5.74, 6) is -1.01. The molecule has 1 heterocycles. The molecule has 21 heavy (non-hydrogen) atoms. The van der Waals surface area contributed by atoms with Crippen LogP contribution in [0.15, 0.2) is 41.0 Å². The van der Waals surface area contributed by atoms with Crippen molar-refractivity contribution in [3.63, 3.8) is 0 Å². The average molecular weight is 346 g/mol. The van der Waals surface area contributed by atoms with E-state index in [1.54, 1.807) is 10.9 Å². The van der Waals surface area contributed by atoms with Crippen LogP contribution in [0.2, 0.25) is 0 Å². The predicted octanol–water partition coefficient (Wildman–Crippen LogP) is 3.32. The molecule has 0 aliphatic heterocycles. The van der Waals surface area contributed by atoms with Crippen LogP contribution < -0.4 is 0 Å². The molecule has 0 aliphatic rings. The van der Waals surface area contributed by atoms with Crippen LogP contribution in [-0.2, 0) is 11.3 Å². The Kier molecular flexibility index (Phi) is 4.90. The predicted molar refractivity (Wildman–Crippen MR) is 82.3 cm³/mol. The maximum atomic E-state index is 10.7. The normalized spacial score (nSPS) is 10.7. The summed E-state index contributed by atoms with van der Waals surface area (Å²) in [6.45, 7) is 0.473. The highest BCUT2D eigenvalue weighted by Gasteiger charge is 2.09. The van der Waals surface area contributed by atoms with E-state index in [9.17, 15) is 4.79 Å². The zero-order chi connectivity index (χ0) is 15.2. The van der Waals surface area contributed by atoms with Gasteiger partial charge in [0.15, 0.2) is 0 Å². The number of carboxylic acids is 1. The average Bonchev–Trinajstić information content (AvgIpc) is 2.87. The molecule has 0 radical (unpaired) electrons. The van der Waals surface area contributed by atoms with E-state index in [2.05, 4.69) is 27.1 Å². The molecule has 0 saturated heterocycles. The molecule has 106 valence electrons. The number of aryl methyl sites for hydroxylation is 1. The van der Waals surface area contributed by atoms with Gasteiger partial charge in [-0.1, -0.05) is 28.1 Å². The van der Waals surface area contributed by atoms with E-state index in [0.29, 0.717) is 24.2 Å². The molecular formula is C15H12BrN3O2. The Morgan fingerprint density at radius 2 is 2.14 bits per heavy atom. The summed E-state index contributed by atoms with van der Waals surface area (Å²) in [5, 5.41) is 21.8. The first-order valence-electron chi connectivity index (χ1n) is 6.21. The summed E-state index contributed by atoms with van der Waals surface area (Å²) in [5.41, 5.74) is 2.29. The maximum absolute atomic E-state index is 10.7. The van der Waals surface area contributed by atoms with Gasteiger partial charge in [-0.15, -0.1) is 0 Å². The Hall–Kier alpha value is -2.39. The lowest BCUT2D eigenvalue weighted by atomic mass is 10.1. The van der Waals surface area contributed by atoms with Crippen molar-refractivity contribution in [2.75, 3.05) is 0 Å². The second kappa shape index (κ2) is 6.86. The second-order valence-corrected chi connectivity index (χ2v) is 5.20. The minimum Gasteiger partial charge on any atom is -0.478 e. The number of hydrogen-bond donors (Lipinski definition) is 1. The molecule has 1 aromatic carbocycles. The zero-order valence-corrected chi connectivity index (χ0v) is 12.6. The van der Waals surface area contributed by atoms with Crippen molar-refractivity contribution in [1.82, 2.24) is 9.78 Å². The fraction of sp³-hybridized carbons (Fsp3) is 0.133. The van der Waals surface area contributed by atoms with E-state index < -0.39 is 5.97 Å². The zero-order valence-electron chi connectivity index (χ0n) is 11.0. The van der Waals surface area contributed by atoms with Crippen LogP contribution in [0.1, 0.15) is 12.0 Å². The van der Waals surface area contributed by atoms with Crippen LogP contribution >= 0.6 is 15.9 Å². The van der Waals surface area contributed by atoms with Crippen LogP contribution in [0.5, 0.6) is 0 Å². The largest absolute Gasteiger partial charge is 0.478 e. The summed E-state index contributed by atoms with van der Waals surface area (Å²) in [4.78, 5) is 10.7. The number of carbonyl (C=O) groups is 1. The second-order valence-electron chi connectivity index (χ2n) is 4.28. The maximum Gasteiger partial charge on any atom is 0.328 e. The first kappa shape index (κ1) is 15.0. The summed E-state index contributed by atoms with van der Waals surface area (Å²) in [6, 6.07) is 9.66. The lowest BCUT2D eigenvalue weighted by Gasteiger charge is -1.99. The van der Waals surface area contributed by atoms with Gasteiger partial charge in [-0.3, -0.25) is 4.68 Å². The van der Waals surface area contributed by atoms with Crippen molar-refractivity contribution in [2.45, 2.75) is 13.0 Å². The van der Waals surface area contributed by atoms with Crippen molar-refractivity contribution in [1.29, 1.82) is 5.26 Å². The first-order valence-corrected chi connectivity index (χ1v) is 7.01. The first-order chi connectivity index (χ1) is 10.1. The molecule has 2 aromatic rings. The lowest BCUT2D eigenvalue weighted by molar-refractivity contribution is -0.131. The molecule has 0 spiro atoms. The van der Waals surface area contributed by atoms with Crippen LogP contribution in [0.4, 0.5) is 0 Å². The third-order valence-electron chi connectivity index (χ3n) is 2.77. The van der Waals surface area contributed by atoms with Gasteiger partial charge in [-0.05, 0) is 18.2 Å². The van der Waals surface area contributed by atoms with Gasteiger partial charge < -0.3 is 5.11 Å². The van der Waals surface area contributed by atoms with E-state index in [-0.39, 0.29) is 0 Å². The monoisotopic (exact) mass is 345 g/mol. The van der Waals surface area contributed by atoms with Crippen molar-refractivity contribution < 1.29 is 9.90 Å². The molecule has 0 saturated carbocycles. The molecule has 5 nitrogen and oxygen atoms in total. The Morgan fingerprint density at radius 3 is 2.76 bits per heavy atom. The third kappa shape index (κ3) is 4.04. The third-order valence-corrected chi connectivity index (χ3v) is 3.29. The topological polar surface area (TPSA) is 78.9 Å². The molecule has 0 amide bonds. The molecule has 0 atom stereocenters. The number of aliphatic carboxylic acids is 1. The smallest absolute Gasteiger partial charge is 0.328 e. The molecule has 6 heteroatoms. The van der Waals surface area contributed by atoms with Gasteiger partial charge in [-0.25, -0.2) is 4.79 Å². The van der Waals surface area contributed by atoms with Crippen LogP contribution in [0.3, 0.4) is 0 Å². The Balaban J connectivity index is 2.41. The SMILES string of the molecule is N#CCCn1cc(C=CC(=O)O)c(-c2ccc(Br)cc2)n1. The quantitative estimate of drug-likeness (QED) is 0.843. The van der Waals surface area contributed by atoms with Crippen molar-refractivity contribution in [2.24, 2.45) is 0 Å². The number of nitriles is 1. The highest BCUT2D eigenvalue weighted by molar-refractivity contribution is 9.10. The van der Waals surface area contributed by atoms with E-state index in [1.807, 2.05) is 24.3 Å². The van der Waals surface area contributed by atoms with Gasteiger partial charge in [0.1, 0.15) is 0 Å². The minimum atomic E-state index is -1.01. The van der Waals surface area contributed by atoms with Crippen molar-refractivity contribution in [3.05, 3.63) is 46.6 Å². The Labute approximate surface area is 130 Å². The molecule has 2 rings (SSSR count).